The van der Waals surface area contributed by atoms with Crippen LogP contribution in [-0.2, 0) is 23.8 Å². The van der Waals surface area contributed by atoms with Crippen LogP contribution in [0.3, 0.4) is 0 Å². The Kier molecular flexibility index (Phi) is 12.5. The zero-order valence-corrected chi connectivity index (χ0v) is 23.4. The number of aliphatic hydroxyl groups is 2. The monoisotopic (exact) mass is 535 g/mol. The van der Waals surface area contributed by atoms with Gasteiger partial charge in [-0.15, -0.1) is 0 Å². The third kappa shape index (κ3) is 10.6. The lowest BCUT2D eigenvalue weighted by Gasteiger charge is -2.32. The van der Waals surface area contributed by atoms with Crippen LogP contribution in [0.15, 0.2) is 36.0 Å². The number of piperidine rings is 1. The second-order valence-corrected chi connectivity index (χ2v) is 10.8. The number of rotatable bonds is 6. The van der Waals surface area contributed by atoms with Crippen molar-refractivity contribution in [1.29, 1.82) is 0 Å². The second kappa shape index (κ2) is 15.1. The van der Waals surface area contributed by atoms with Crippen LogP contribution in [0.5, 0.6) is 0 Å². The maximum absolute atomic E-state index is 12.6. The van der Waals surface area contributed by atoms with E-state index >= 15 is 0 Å². The largest absolute Gasteiger partial charge is 0.457 e. The molecule has 0 bridgehead atoms. The first kappa shape index (κ1) is 31.6. The molecule has 0 aromatic heterocycles. The SMILES string of the molecule is CC(=O)O[C@H]1/C=C/[C@H](C)[C@@H](/C(C)=C/C=C/[C@@H](C)COC(=O)N2CCCCC2)OC(=O)C[C@@H](O)CC[C@]1(C)O. The van der Waals surface area contributed by atoms with Crippen LogP contribution in [0.2, 0.25) is 0 Å². The predicted octanol–water partition coefficient (Wildman–Crippen LogP) is 4.08. The van der Waals surface area contributed by atoms with E-state index < -0.39 is 35.9 Å². The molecular weight excluding hydrogens is 490 g/mol. The molecule has 1 fully saturated rings. The van der Waals surface area contributed by atoms with Gasteiger partial charge in [-0.2, -0.15) is 0 Å². The molecule has 2 aliphatic rings. The summed E-state index contributed by atoms with van der Waals surface area (Å²) in [7, 11) is 0. The van der Waals surface area contributed by atoms with E-state index in [9.17, 15) is 24.6 Å². The molecule has 0 saturated carbocycles. The average Bonchev–Trinajstić information content (AvgIpc) is 2.86. The van der Waals surface area contributed by atoms with Gasteiger partial charge in [0.25, 0.3) is 0 Å². The highest BCUT2D eigenvalue weighted by atomic mass is 16.6. The fraction of sp³-hybridized carbons (Fsp3) is 0.690. The summed E-state index contributed by atoms with van der Waals surface area (Å²) in [6, 6.07) is 0. The third-order valence-corrected chi connectivity index (χ3v) is 6.95. The number of carbonyl (C=O) groups excluding carboxylic acids is 3. The highest BCUT2D eigenvalue weighted by molar-refractivity contribution is 5.70. The molecule has 0 unspecified atom stereocenters. The minimum Gasteiger partial charge on any atom is -0.457 e. The van der Waals surface area contributed by atoms with Gasteiger partial charge in [-0.25, -0.2) is 4.79 Å². The maximum atomic E-state index is 12.6. The summed E-state index contributed by atoms with van der Waals surface area (Å²) in [6.45, 7) is 10.2. The predicted molar refractivity (Wildman–Crippen MR) is 143 cm³/mol. The highest BCUT2D eigenvalue weighted by Gasteiger charge is 2.35. The summed E-state index contributed by atoms with van der Waals surface area (Å²) in [5.74, 6) is -1.38. The summed E-state index contributed by atoms with van der Waals surface area (Å²) in [4.78, 5) is 38.2. The maximum Gasteiger partial charge on any atom is 0.409 e. The third-order valence-electron chi connectivity index (χ3n) is 6.95. The number of carbonyl (C=O) groups is 3. The van der Waals surface area contributed by atoms with Gasteiger partial charge in [0.2, 0.25) is 0 Å². The summed E-state index contributed by atoms with van der Waals surface area (Å²) in [5.41, 5.74) is -0.644. The van der Waals surface area contributed by atoms with Gasteiger partial charge >= 0.3 is 18.0 Å². The molecule has 214 valence electrons. The number of allylic oxidation sites excluding steroid dienone is 2. The van der Waals surface area contributed by atoms with Gasteiger partial charge in [0.1, 0.15) is 17.8 Å². The van der Waals surface area contributed by atoms with Crippen LogP contribution in [0.4, 0.5) is 4.79 Å². The molecule has 0 aliphatic carbocycles. The van der Waals surface area contributed by atoms with Crippen LogP contribution in [0.1, 0.15) is 73.1 Å². The number of amides is 1. The van der Waals surface area contributed by atoms with E-state index in [2.05, 4.69) is 0 Å². The van der Waals surface area contributed by atoms with Crippen LogP contribution >= 0.6 is 0 Å². The molecule has 6 atom stereocenters. The quantitative estimate of drug-likeness (QED) is 0.226. The lowest BCUT2D eigenvalue weighted by atomic mass is 9.88. The van der Waals surface area contributed by atoms with Crippen molar-refractivity contribution in [2.24, 2.45) is 11.8 Å². The number of cyclic esters (lactones) is 1. The Morgan fingerprint density at radius 1 is 1.24 bits per heavy atom. The smallest absolute Gasteiger partial charge is 0.409 e. The van der Waals surface area contributed by atoms with Gasteiger partial charge in [-0.1, -0.05) is 38.2 Å². The van der Waals surface area contributed by atoms with Crippen molar-refractivity contribution >= 4 is 18.0 Å². The Bertz CT molecular complexity index is 887. The molecule has 2 heterocycles. The summed E-state index contributed by atoms with van der Waals surface area (Å²) in [5, 5.41) is 21.2. The number of hydrogen-bond donors (Lipinski definition) is 2. The van der Waals surface area contributed by atoms with Gasteiger partial charge in [0.15, 0.2) is 0 Å². The molecule has 2 rings (SSSR count). The van der Waals surface area contributed by atoms with Gasteiger partial charge in [0, 0.05) is 31.8 Å². The molecular formula is C29H45NO8. The Balaban J connectivity index is 2.10. The molecule has 2 aliphatic heterocycles. The molecule has 0 aromatic rings. The van der Waals surface area contributed by atoms with Gasteiger partial charge in [-0.3, -0.25) is 9.59 Å². The number of hydrogen-bond acceptors (Lipinski definition) is 8. The van der Waals surface area contributed by atoms with E-state index in [0.717, 1.165) is 37.9 Å². The number of aliphatic hydroxyl groups excluding tert-OH is 1. The molecule has 0 aromatic carbocycles. The van der Waals surface area contributed by atoms with Crippen molar-refractivity contribution in [3.8, 4) is 0 Å². The first-order valence-electron chi connectivity index (χ1n) is 13.6. The highest BCUT2D eigenvalue weighted by Crippen LogP contribution is 2.27. The molecule has 2 N–H and O–H groups in total. The number of nitrogens with zero attached hydrogens (tertiary/aromatic N) is 1. The van der Waals surface area contributed by atoms with Crippen molar-refractivity contribution < 1.29 is 38.8 Å². The van der Waals surface area contributed by atoms with E-state index in [1.165, 1.54) is 6.92 Å². The minimum absolute atomic E-state index is 0.00849. The van der Waals surface area contributed by atoms with Crippen molar-refractivity contribution in [1.82, 2.24) is 4.90 Å². The van der Waals surface area contributed by atoms with Crippen molar-refractivity contribution in [3.05, 3.63) is 36.0 Å². The zero-order chi connectivity index (χ0) is 28.3. The molecule has 1 amide bonds. The van der Waals surface area contributed by atoms with Crippen molar-refractivity contribution in [3.63, 3.8) is 0 Å². The van der Waals surface area contributed by atoms with E-state index in [1.807, 2.05) is 39.0 Å². The summed E-state index contributed by atoms with van der Waals surface area (Å²) in [6.07, 6.45) is 9.41. The van der Waals surface area contributed by atoms with E-state index in [0.29, 0.717) is 0 Å². The minimum atomic E-state index is -1.41. The molecule has 9 nitrogen and oxygen atoms in total. The van der Waals surface area contributed by atoms with Gasteiger partial charge < -0.3 is 29.3 Å². The van der Waals surface area contributed by atoms with E-state index in [1.54, 1.807) is 24.0 Å². The Morgan fingerprint density at radius 3 is 2.58 bits per heavy atom. The van der Waals surface area contributed by atoms with E-state index in [4.69, 9.17) is 14.2 Å². The standard InChI is InChI=1S/C29H45NO8/c1-20(19-36-28(34)30-16-7-6-8-17-30)10-9-11-21(2)27-22(3)12-13-25(37-23(4)31)29(5,35)15-14-24(32)18-26(33)38-27/h9-13,20,22,24-25,27,32,35H,6-8,14-19H2,1-5H3/b10-9+,13-12+,21-11+/t20-,22+,24+,25+,27-,29+/m1/s1. The second-order valence-electron chi connectivity index (χ2n) is 10.8. The fourth-order valence-corrected chi connectivity index (χ4v) is 4.55. The summed E-state index contributed by atoms with van der Waals surface area (Å²) >= 11 is 0. The first-order valence-corrected chi connectivity index (χ1v) is 13.6. The van der Waals surface area contributed by atoms with E-state index in [-0.39, 0.29) is 43.8 Å². The molecule has 38 heavy (non-hydrogen) atoms. The number of esters is 2. The lowest BCUT2D eigenvalue weighted by molar-refractivity contribution is -0.157. The zero-order valence-electron chi connectivity index (χ0n) is 23.4. The van der Waals surface area contributed by atoms with Crippen LogP contribution in [0, 0.1) is 11.8 Å². The Hall–Kier alpha value is -2.65. The number of ether oxygens (including phenoxy) is 3. The Labute approximate surface area is 226 Å². The van der Waals surface area contributed by atoms with Crippen molar-refractivity contribution in [2.45, 2.75) is 97.1 Å². The molecule has 0 radical (unpaired) electrons. The Morgan fingerprint density at radius 2 is 1.92 bits per heavy atom. The van der Waals surface area contributed by atoms with Gasteiger partial charge in [-0.05, 0) is 57.6 Å². The van der Waals surface area contributed by atoms with Crippen molar-refractivity contribution in [2.75, 3.05) is 19.7 Å². The topological polar surface area (TPSA) is 123 Å². The van der Waals surface area contributed by atoms with Gasteiger partial charge in [0.05, 0.1) is 19.1 Å². The lowest BCUT2D eigenvalue weighted by Crippen LogP contribution is -2.42. The fourth-order valence-electron chi connectivity index (χ4n) is 4.55. The van der Waals surface area contributed by atoms with Crippen LogP contribution < -0.4 is 0 Å². The molecule has 1 saturated heterocycles. The van der Waals surface area contributed by atoms with Crippen LogP contribution in [0.25, 0.3) is 0 Å². The molecule has 9 heteroatoms. The first-order chi connectivity index (χ1) is 17.9. The number of likely N-dealkylation sites (tertiary alicyclic amines) is 1. The average molecular weight is 536 g/mol. The normalized spacial score (nSPS) is 31.5. The van der Waals surface area contributed by atoms with Crippen LogP contribution in [-0.4, -0.2) is 76.8 Å². The molecule has 0 spiro atoms. The summed E-state index contributed by atoms with van der Waals surface area (Å²) < 4.78 is 16.5.